The van der Waals surface area contributed by atoms with E-state index in [-0.39, 0.29) is 37.3 Å². The highest BCUT2D eigenvalue weighted by molar-refractivity contribution is 6.05. The van der Waals surface area contributed by atoms with E-state index in [1.165, 1.54) is 0 Å². The maximum absolute atomic E-state index is 15.0. The molecule has 3 aliphatic heterocycles. The number of hydrogen-bond acceptors (Lipinski definition) is 7. The zero-order valence-corrected chi connectivity index (χ0v) is 31.5. The van der Waals surface area contributed by atoms with E-state index < -0.39 is 47.7 Å². The summed E-state index contributed by atoms with van der Waals surface area (Å²) in [5.41, 5.74) is 0.199. The summed E-state index contributed by atoms with van der Waals surface area (Å²) < 4.78 is 13.1. The minimum Gasteiger partial charge on any atom is -0.455 e. The first-order valence-corrected chi connectivity index (χ1v) is 19.3. The van der Waals surface area contributed by atoms with Gasteiger partial charge in [0, 0.05) is 38.9 Å². The number of nitrogens with zero attached hydrogens (tertiary/aromatic N) is 3. The second kappa shape index (κ2) is 17.1. The minimum absolute atomic E-state index is 0.0948. The lowest BCUT2D eigenvalue weighted by Crippen LogP contribution is -2.56. The third-order valence-corrected chi connectivity index (χ3v) is 11.6. The molecule has 0 radical (unpaired) electrons. The zero-order chi connectivity index (χ0) is 38.4. The molecule has 10 nitrogen and oxygen atoms in total. The highest BCUT2D eigenvalue weighted by Gasteiger charge is 2.75. The number of unbranched alkanes of at least 4 members (excludes halogenated alkanes) is 3. The molecule has 286 valence electrons. The van der Waals surface area contributed by atoms with Gasteiger partial charge in [0.25, 0.3) is 5.91 Å². The fourth-order valence-electron chi connectivity index (χ4n) is 8.76. The van der Waals surface area contributed by atoms with E-state index in [2.05, 4.69) is 13.2 Å². The van der Waals surface area contributed by atoms with Crippen LogP contribution in [0.25, 0.3) is 10.8 Å². The molecule has 0 aromatic heterocycles. The Morgan fingerprint density at radius 2 is 1.72 bits per heavy atom. The van der Waals surface area contributed by atoms with Crippen LogP contribution in [0.1, 0.15) is 70.0 Å². The van der Waals surface area contributed by atoms with Crippen molar-refractivity contribution in [3.63, 3.8) is 0 Å². The molecule has 10 heteroatoms. The number of fused-ring (bicyclic) bond motifs is 2. The van der Waals surface area contributed by atoms with Gasteiger partial charge in [0.2, 0.25) is 11.8 Å². The van der Waals surface area contributed by atoms with Gasteiger partial charge in [-0.1, -0.05) is 85.7 Å². The lowest BCUT2D eigenvalue weighted by Gasteiger charge is -2.37. The molecule has 0 aliphatic carbocycles. The van der Waals surface area contributed by atoms with Crippen LogP contribution < -0.4 is 4.90 Å². The normalized spacial score (nSPS) is 23.8. The monoisotopic (exact) mass is 735 g/mol. The first-order valence-electron chi connectivity index (χ1n) is 19.3. The van der Waals surface area contributed by atoms with Crippen LogP contribution in [0.4, 0.5) is 5.69 Å². The molecule has 3 aromatic rings. The predicted octanol–water partition coefficient (Wildman–Crippen LogP) is 6.38. The summed E-state index contributed by atoms with van der Waals surface area (Å²) >= 11 is 0. The lowest BCUT2D eigenvalue weighted by molar-refractivity contribution is -0.164. The highest BCUT2D eigenvalue weighted by Crippen LogP contribution is 2.59. The van der Waals surface area contributed by atoms with Crippen molar-refractivity contribution in [2.75, 3.05) is 31.6 Å². The van der Waals surface area contributed by atoms with Crippen molar-refractivity contribution in [3.8, 4) is 0 Å². The third kappa shape index (κ3) is 7.46. The maximum atomic E-state index is 15.0. The summed E-state index contributed by atoms with van der Waals surface area (Å²) in [4.78, 5) is 62.3. The molecule has 1 N–H and O–H groups in total. The molecule has 0 unspecified atom stereocenters. The Hall–Kier alpha value is -4.80. The van der Waals surface area contributed by atoms with Crippen molar-refractivity contribution in [1.29, 1.82) is 0 Å². The molecular formula is C44H53N3O7. The standard InChI is InChI=1S/C44H53N3O7/c1-5-7-21-36(49)45(4)30(3)39(32-18-11-10-12-19-32)53-43(52)37-35-24-25-44(54-35)38(37)41(50)47(27-15-8-9-16-28-48)40(44)42(51)46(26-6-2)34-23-22-31-17-13-14-20-33(31)29-34/h5-6,10-14,17-20,22-23,29-30,35,37-40,48H,1-2,7-9,15-16,21,24-28H2,3-4H3/t30-,35+,37-,38-,39+,40+,44-/m1/s1. The number of likely N-dealkylation sites (tertiary alicyclic amines) is 1. The lowest BCUT2D eigenvalue weighted by atomic mass is 9.70. The first-order chi connectivity index (χ1) is 26.2. The molecule has 3 amide bonds. The number of aliphatic hydroxyl groups is 1. The minimum atomic E-state index is -1.21. The van der Waals surface area contributed by atoms with Crippen molar-refractivity contribution in [1.82, 2.24) is 9.80 Å². The van der Waals surface area contributed by atoms with E-state index in [0.29, 0.717) is 44.3 Å². The summed E-state index contributed by atoms with van der Waals surface area (Å²) in [5.74, 6) is -3.05. The van der Waals surface area contributed by atoms with E-state index in [9.17, 15) is 19.5 Å². The van der Waals surface area contributed by atoms with Crippen molar-refractivity contribution < 1.29 is 33.8 Å². The van der Waals surface area contributed by atoms with Gasteiger partial charge in [-0.05, 0) is 67.5 Å². The van der Waals surface area contributed by atoms with Crippen LogP contribution in [-0.4, -0.2) is 89.1 Å². The van der Waals surface area contributed by atoms with Gasteiger partial charge in [0.1, 0.15) is 17.7 Å². The van der Waals surface area contributed by atoms with Crippen LogP contribution in [0.15, 0.2) is 98.1 Å². The smallest absolute Gasteiger partial charge is 0.313 e. The Balaban J connectivity index is 1.33. The van der Waals surface area contributed by atoms with Crippen molar-refractivity contribution in [3.05, 3.63) is 104 Å². The molecular weight excluding hydrogens is 682 g/mol. The summed E-state index contributed by atoms with van der Waals surface area (Å²) in [5, 5.41) is 11.4. The Bertz CT molecular complexity index is 1850. The molecule has 1 spiro atoms. The number of likely N-dealkylation sites (N-methyl/N-ethyl adjacent to an activating group) is 1. The van der Waals surface area contributed by atoms with Gasteiger partial charge in [0.05, 0.1) is 24.0 Å². The van der Waals surface area contributed by atoms with Gasteiger partial charge in [-0.25, -0.2) is 0 Å². The van der Waals surface area contributed by atoms with E-state index in [4.69, 9.17) is 9.47 Å². The maximum Gasteiger partial charge on any atom is 0.313 e. The Kier molecular flexibility index (Phi) is 12.3. The number of esters is 1. The number of aliphatic hydroxyl groups excluding tert-OH is 1. The SMILES string of the molecule is C=CCCC(=O)N(C)[C@H](C)[C@H](OC(=O)[C@@H]1[C@@H]2CC[C@]3(O2)[C@H](C(=O)N(CC=C)c2ccc4ccccc4c2)N(CCCCCCO)C(=O)[C@@H]13)c1ccccc1. The first kappa shape index (κ1) is 38.9. The van der Waals surface area contributed by atoms with Crippen molar-refractivity contribution >= 4 is 40.2 Å². The summed E-state index contributed by atoms with van der Waals surface area (Å²) in [6.07, 6.45) is 6.59. The number of ether oxygens (including phenoxy) is 2. The number of benzene rings is 3. The summed E-state index contributed by atoms with van der Waals surface area (Å²) in [7, 11) is 1.70. The average molecular weight is 736 g/mol. The van der Waals surface area contributed by atoms with E-state index in [1.807, 2.05) is 79.7 Å². The van der Waals surface area contributed by atoms with Crippen molar-refractivity contribution in [2.45, 2.75) is 88.2 Å². The molecule has 3 aromatic carbocycles. The number of rotatable bonds is 18. The van der Waals surface area contributed by atoms with Gasteiger partial charge in [0.15, 0.2) is 0 Å². The summed E-state index contributed by atoms with van der Waals surface area (Å²) in [6, 6.07) is 21.6. The Morgan fingerprint density at radius 3 is 2.44 bits per heavy atom. The fraction of sp³-hybridized carbons (Fsp3) is 0.455. The quantitative estimate of drug-likeness (QED) is 0.0916. The molecule has 54 heavy (non-hydrogen) atoms. The van der Waals surface area contributed by atoms with Crippen LogP contribution in [0.3, 0.4) is 0 Å². The van der Waals surface area contributed by atoms with Crippen LogP contribution in [-0.2, 0) is 28.7 Å². The van der Waals surface area contributed by atoms with Crippen LogP contribution in [0.5, 0.6) is 0 Å². The number of hydrogen-bond donors (Lipinski definition) is 1. The predicted molar refractivity (Wildman–Crippen MR) is 208 cm³/mol. The number of carbonyl (C=O) groups excluding carboxylic acids is 4. The number of allylic oxidation sites excluding steroid dienone is 1. The van der Waals surface area contributed by atoms with Crippen LogP contribution in [0.2, 0.25) is 0 Å². The van der Waals surface area contributed by atoms with Crippen LogP contribution in [0, 0.1) is 11.8 Å². The molecule has 3 fully saturated rings. The molecule has 2 bridgehead atoms. The van der Waals surface area contributed by atoms with Crippen molar-refractivity contribution in [2.24, 2.45) is 11.8 Å². The molecule has 3 aliphatic rings. The van der Waals surface area contributed by atoms with Gasteiger partial charge >= 0.3 is 5.97 Å². The zero-order valence-electron chi connectivity index (χ0n) is 31.5. The fourth-order valence-corrected chi connectivity index (χ4v) is 8.76. The van der Waals surface area contributed by atoms with E-state index in [1.54, 1.807) is 33.9 Å². The Labute approximate surface area is 318 Å². The topological polar surface area (TPSA) is 117 Å². The molecule has 6 rings (SSSR count). The molecule has 3 heterocycles. The van der Waals surface area contributed by atoms with Gasteiger partial charge in [-0.3, -0.25) is 19.2 Å². The average Bonchev–Trinajstić information content (AvgIpc) is 3.84. The van der Waals surface area contributed by atoms with Gasteiger partial charge in [-0.15, -0.1) is 13.2 Å². The number of amides is 3. The Morgan fingerprint density at radius 1 is 1.00 bits per heavy atom. The summed E-state index contributed by atoms with van der Waals surface area (Å²) in [6.45, 7) is 10.2. The molecule has 7 atom stereocenters. The van der Waals surface area contributed by atoms with E-state index in [0.717, 1.165) is 29.2 Å². The van der Waals surface area contributed by atoms with Gasteiger partial charge < -0.3 is 29.3 Å². The van der Waals surface area contributed by atoms with Crippen LogP contribution >= 0.6 is 0 Å². The number of anilines is 1. The second-order valence-corrected chi connectivity index (χ2v) is 14.8. The highest BCUT2D eigenvalue weighted by atomic mass is 16.6. The van der Waals surface area contributed by atoms with Gasteiger partial charge in [-0.2, -0.15) is 0 Å². The third-order valence-electron chi connectivity index (χ3n) is 11.6. The molecule has 0 saturated carbocycles. The number of carbonyl (C=O) groups is 4. The van der Waals surface area contributed by atoms with E-state index >= 15 is 4.79 Å². The largest absolute Gasteiger partial charge is 0.455 e. The second-order valence-electron chi connectivity index (χ2n) is 14.8. The molecule has 3 saturated heterocycles.